The normalized spacial score (nSPS) is 11.1. The van der Waals surface area contributed by atoms with Gasteiger partial charge in [0.1, 0.15) is 5.75 Å². The van der Waals surface area contributed by atoms with Crippen LogP contribution in [-0.2, 0) is 20.9 Å². The smallest absolute Gasteiger partial charge is 0.297 e. The molecule has 0 aromatic heterocycles. The average Bonchev–Trinajstić information content (AvgIpc) is 2.53. The number of nitrogens with zero attached hydrogens (tertiary/aromatic N) is 1. The number of nitro groups is 1. The quantitative estimate of drug-likeness (QED) is 0.460. The molecule has 2 rings (SSSR count). The molecular formula is C14H13NO6S. The van der Waals surface area contributed by atoms with Gasteiger partial charge in [0.05, 0.1) is 29.1 Å². The molecule has 0 atom stereocenters. The van der Waals surface area contributed by atoms with E-state index in [2.05, 4.69) is 0 Å². The van der Waals surface area contributed by atoms with Crippen molar-refractivity contribution in [2.75, 3.05) is 7.11 Å². The fourth-order valence-corrected chi connectivity index (χ4v) is 2.65. The van der Waals surface area contributed by atoms with Gasteiger partial charge in [0.15, 0.2) is 0 Å². The maximum absolute atomic E-state index is 12.1. The van der Waals surface area contributed by atoms with E-state index in [1.165, 1.54) is 49.6 Å². The fourth-order valence-electron chi connectivity index (χ4n) is 1.76. The summed E-state index contributed by atoms with van der Waals surface area (Å²) in [5.41, 5.74) is -0.00276. The first-order valence-corrected chi connectivity index (χ1v) is 7.60. The summed E-state index contributed by atoms with van der Waals surface area (Å²) in [6, 6.07) is 11.5. The maximum atomic E-state index is 12.1. The number of nitro benzene ring substituents is 1. The molecule has 8 heteroatoms. The molecule has 0 unspecified atom stereocenters. The number of rotatable bonds is 6. The monoisotopic (exact) mass is 323 g/mol. The van der Waals surface area contributed by atoms with Crippen molar-refractivity contribution in [1.29, 1.82) is 0 Å². The largest absolute Gasteiger partial charge is 0.497 e. The second-order valence-electron chi connectivity index (χ2n) is 4.28. The summed E-state index contributed by atoms with van der Waals surface area (Å²) in [7, 11) is -2.54. The topological polar surface area (TPSA) is 95.7 Å². The van der Waals surface area contributed by atoms with Crippen LogP contribution in [0.15, 0.2) is 53.4 Å². The molecule has 22 heavy (non-hydrogen) atoms. The van der Waals surface area contributed by atoms with Crippen LogP contribution in [0.4, 0.5) is 5.69 Å². The van der Waals surface area contributed by atoms with Crippen molar-refractivity contribution in [3.63, 3.8) is 0 Å². The SMILES string of the molecule is COc1ccc(S(=O)(=O)OCc2ccccc2[N+](=O)[O-])cc1. The van der Waals surface area contributed by atoms with Crippen LogP contribution in [0.2, 0.25) is 0 Å². The Morgan fingerprint density at radius 3 is 2.32 bits per heavy atom. The van der Waals surface area contributed by atoms with E-state index in [0.717, 1.165) is 0 Å². The minimum absolute atomic E-state index is 0.0492. The van der Waals surface area contributed by atoms with Gasteiger partial charge in [0.2, 0.25) is 0 Å². The highest BCUT2D eigenvalue weighted by Crippen LogP contribution is 2.22. The van der Waals surface area contributed by atoms with E-state index in [0.29, 0.717) is 5.75 Å². The Morgan fingerprint density at radius 2 is 1.73 bits per heavy atom. The third kappa shape index (κ3) is 3.60. The van der Waals surface area contributed by atoms with E-state index in [9.17, 15) is 18.5 Å². The Hall–Kier alpha value is -2.45. The molecule has 0 fully saturated rings. The van der Waals surface area contributed by atoms with Gasteiger partial charge in [0.25, 0.3) is 15.8 Å². The summed E-state index contributed by atoms with van der Waals surface area (Å²) in [5.74, 6) is 0.512. The second-order valence-corrected chi connectivity index (χ2v) is 5.89. The van der Waals surface area contributed by atoms with Gasteiger partial charge in [0, 0.05) is 6.07 Å². The summed E-state index contributed by atoms with van der Waals surface area (Å²) < 4.78 is 33.9. The zero-order valence-corrected chi connectivity index (χ0v) is 12.4. The van der Waals surface area contributed by atoms with Gasteiger partial charge in [-0.1, -0.05) is 12.1 Å². The first-order valence-electron chi connectivity index (χ1n) is 6.20. The van der Waals surface area contributed by atoms with Crippen LogP contribution in [0.5, 0.6) is 5.75 Å². The summed E-state index contributed by atoms with van der Waals surface area (Å²) in [6.45, 7) is -0.411. The van der Waals surface area contributed by atoms with Crippen molar-refractivity contribution in [2.24, 2.45) is 0 Å². The fraction of sp³-hybridized carbons (Fsp3) is 0.143. The summed E-state index contributed by atoms with van der Waals surface area (Å²) in [6.07, 6.45) is 0. The van der Waals surface area contributed by atoms with E-state index in [1.807, 2.05) is 0 Å². The molecule has 2 aromatic carbocycles. The summed E-state index contributed by atoms with van der Waals surface area (Å²) in [4.78, 5) is 10.2. The molecule has 0 aliphatic carbocycles. The van der Waals surface area contributed by atoms with Gasteiger partial charge in [-0.2, -0.15) is 8.42 Å². The molecule has 0 amide bonds. The maximum Gasteiger partial charge on any atom is 0.297 e. The van der Waals surface area contributed by atoms with Crippen molar-refractivity contribution in [3.05, 3.63) is 64.2 Å². The Kier molecular flexibility index (Phi) is 4.74. The van der Waals surface area contributed by atoms with Crippen LogP contribution < -0.4 is 4.74 Å². The van der Waals surface area contributed by atoms with Crippen molar-refractivity contribution in [3.8, 4) is 5.75 Å². The van der Waals surface area contributed by atoms with Gasteiger partial charge >= 0.3 is 0 Å². The zero-order valence-electron chi connectivity index (χ0n) is 11.6. The number of methoxy groups -OCH3 is 1. The molecule has 0 aliphatic heterocycles. The molecule has 116 valence electrons. The van der Waals surface area contributed by atoms with Gasteiger partial charge in [-0.15, -0.1) is 0 Å². The predicted octanol–water partition coefficient (Wildman–Crippen LogP) is 2.51. The summed E-state index contributed by atoms with van der Waals surface area (Å²) in [5, 5.41) is 10.9. The summed E-state index contributed by atoms with van der Waals surface area (Å²) >= 11 is 0. The van der Waals surface area contributed by atoms with Crippen molar-refractivity contribution < 1.29 is 22.3 Å². The Balaban J connectivity index is 2.18. The molecule has 0 heterocycles. The van der Waals surface area contributed by atoms with Crippen LogP contribution in [0, 0.1) is 10.1 Å². The van der Waals surface area contributed by atoms with E-state index in [-0.39, 0.29) is 16.1 Å². The zero-order chi connectivity index (χ0) is 16.2. The van der Waals surface area contributed by atoms with E-state index >= 15 is 0 Å². The second kappa shape index (κ2) is 6.54. The lowest BCUT2D eigenvalue weighted by molar-refractivity contribution is -0.385. The average molecular weight is 323 g/mol. The van der Waals surface area contributed by atoms with Crippen LogP contribution in [-0.4, -0.2) is 20.5 Å². The van der Waals surface area contributed by atoms with E-state index in [4.69, 9.17) is 8.92 Å². The molecule has 7 nitrogen and oxygen atoms in total. The van der Waals surface area contributed by atoms with Crippen LogP contribution in [0.3, 0.4) is 0 Å². The van der Waals surface area contributed by atoms with E-state index < -0.39 is 21.6 Å². The van der Waals surface area contributed by atoms with Crippen LogP contribution >= 0.6 is 0 Å². The third-order valence-electron chi connectivity index (χ3n) is 2.91. The van der Waals surface area contributed by atoms with Crippen LogP contribution in [0.1, 0.15) is 5.56 Å². The Morgan fingerprint density at radius 1 is 1.09 bits per heavy atom. The molecule has 0 spiro atoms. The number of hydrogen-bond donors (Lipinski definition) is 0. The lowest BCUT2D eigenvalue weighted by atomic mass is 10.2. The third-order valence-corrected chi connectivity index (χ3v) is 4.18. The van der Waals surface area contributed by atoms with Crippen molar-refractivity contribution in [1.82, 2.24) is 0 Å². The van der Waals surface area contributed by atoms with Crippen molar-refractivity contribution >= 4 is 15.8 Å². The standard InChI is InChI=1S/C14H13NO6S/c1-20-12-6-8-13(9-7-12)22(18,19)21-10-11-4-2-3-5-14(11)15(16)17/h2-9H,10H2,1H3. The minimum atomic E-state index is -4.00. The lowest BCUT2D eigenvalue weighted by Crippen LogP contribution is -2.07. The molecular weight excluding hydrogens is 310 g/mol. The van der Waals surface area contributed by atoms with E-state index in [1.54, 1.807) is 6.07 Å². The van der Waals surface area contributed by atoms with Gasteiger partial charge < -0.3 is 4.74 Å². The molecule has 0 bridgehead atoms. The van der Waals surface area contributed by atoms with Gasteiger partial charge in [-0.3, -0.25) is 14.3 Å². The minimum Gasteiger partial charge on any atom is -0.497 e. The molecule has 0 aliphatic rings. The molecule has 0 N–H and O–H groups in total. The van der Waals surface area contributed by atoms with Gasteiger partial charge in [-0.25, -0.2) is 0 Å². The highest BCUT2D eigenvalue weighted by atomic mass is 32.2. The highest BCUT2D eigenvalue weighted by molar-refractivity contribution is 7.86. The molecule has 0 radical (unpaired) electrons. The number of para-hydroxylation sites is 1. The highest BCUT2D eigenvalue weighted by Gasteiger charge is 2.19. The first-order chi connectivity index (χ1) is 10.4. The lowest BCUT2D eigenvalue weighted by Gasteiger charge is -2.07. The van der Waals surface area contributed by atoms with Gasteiger partial charge in [-0.05, 0) is 30.3 Å². The van der Waals surface area contributed by atoms with Crippen LogP contribution in [0.25, 0.3) is 0 Å². The number of ether oxygens (including phenoxy) is 1. The first kappa shape index (κ1) is 15.9. The Labute approximate surface area is 127 Å². The Bertz CT molecular complexity index is 770. The van der Waals surface area contributed by atoms with Crippen molar-refractivity contribution in [2.45, 2.75) is 11.5 Å². The molecule has 2 aromatic rings. The number of hydrogen-bond acceptors (Lipinski definition) is 6. The molecule has 0 saturated carbocycles. The molecule has 0 saturated heterocycles. The number of benzene rings is 2. The predicted molar refractivity (Wildman–Crippen MR) is 78.1 cm³/mol.